The molecule has 0 aliphatic carbocycles. The Bertz CT molecular complexity index is 243. The molecule has 4 nitrogen and oxygen atoms in total. The van der Waals surface area contributed by atoms with Crippen molar-refractivity contribution in [1.29, 1.82) is 0 Å². The van der Waals surface area contributed by atoms with Crippen LogP contribution >= 0.6 is 12.6 Å². The van der Waals surface area contributed by atoms with E-state index in [-0.39, 0.29) is 11.4 Å². The third-order valence-corrected chi connectivity index (χ3v) is 2.85. The molecule has 5 heteroatoms. The minimum atomic E-state index is -0.0411. The zero-order valence-corrected chi connectivity index (χ0v) is 12.1. The second-order valence-electron chi connectivity index (χ2n) is 4.85. The molecule has 0 radical (unpaired) electrons. The smallest absolute Gasteiger partial charge is 0.246 e. The van der Waals surface area contributed by atoms with Crippen LogP contribution in [-0.4, -0.2) is 55.3 Å². The number of nitrogens with one attached hydrogen (secondary N) is 1. The first-order valence-electron chi connectivity index (χ1n) is 5.75. The second-order valence-corrected chi connectivity index (χ2v) is 5.30. The monoisotopic (exact) mass is 262 g/mol. The number of hydrogen-bond acceptors (Lipinski definition) is 3. The molecule has 0 aromatic carbocycles. The number of thiol groups is 1. The lowest BCUT2D eigenvalue weighted by Gasteiger charge is -2.29. The summed E-state index contributed by atoms with van der Waals surface area (Å²) in [5.41, 5.74) is 0.573. The molecule has 0 atom stereocenters. The van der Waals surface area contributed by atoms with Crippen molar-refractivity contribution in [2.75, 3.05) is 39.5 Å². The maximum Gasteiger partial charge on any atom is 0.246 e. The Morgan fingerprint density at radius 1 is 1.29 bits per heavy atom. The van der Waals surface area contributed by atoms with E-state index in [1.807, 2.05) is 0 Å². The SMILES string of the molecule is C=C(C)C(=O)NCCC[N+](C)(C)CCCS.[OH-]. The molecule has 0 saturated carbocycles. The molecule has 1 amide bonds. The summed E-state index contributed by atoms with van der Waals surface area (Å²) in [7, 11) is 4.42. The summed E-state index contributed by atoms with van der Waals surface area (Å²) >= 11 is 4.21. The molecular weight excluding hydrogens is 236 g/mol. The van der Waals surface area contributed by atoms with Crippen molar-refractivity contribution in [3.8, 4) is 0 Å². The molecule has 0 aliphatic rings. The molecule has 0 heterocycles. The Morgan fingerprint density at radius 3 is 2.29 bits per heavy atom. The lowest BCUT2D eigenvalue weighted by molar-refractivity contribution is -0.890. The van der Waals surface area contributed by atoms with Crippen molar-refractivity contribution >= 4 is 18.5 Å². The van der Waals surface area contributed by atoms with E-state index in [2.05, 4.69) is 38.6 Å². The van der Waals surface area contributed by atoms with Crippen LogP contribution in [-0.2, 0) is 4.79 Å². The van der Waals surface area contributed by atoms with Gasteiger partial charge in [0.15, 0.2) is 0 Å². The predicted octanol–water partition coefficient (Wildman–Crippen LogP) is 1.29. The molecule has 0 bridgehead atoms. The van der Waals surface area contributed by atoms with Gasteiger partial charge in [0.1, 0.15) is 0 Å². The fourth-order valence-corrected chi connectivity index (χ4v) is 1.61. The maximum atomic E-state index is 11.2. The highest BCUT2D eigenvalue weighted by molar-refractivity contribution is 7.80. The molecular formula is C12H26N2O2S. The number of carbonyl (C=O) groups is 1. The summed E-state index contributed by atoms with van der Waals surface area (Å²) in [5.74, 6) is 0.898. The highest BCUT2D eigenvalue weighted by Crippen LogP contribution is 2.01. The van der Waals surface area contributed by atoms with E-state index < -0.39 is 0 Å². The number of quaternary nitrogens is 1. The van der Waals surface area contributed by atoms with Crippen molar-refractivity contribution in [3.05, 3.63) is 12.2 Å². The van der Waals surface area contributed by atoms with Gasteiger partial charge in [0.05, 0.1) is 27.2 Å². The van der Waals surface area contributed by atoms with E-state index in [0.29, 0.717) is 5.57 Å². The fraction of sp³-hybridized carbons (Fsp3) is 0.750. The highest BCUT2D eigenvalue weighted by atomic mass is 32.1. The molecule has 0 spiro atoms. The predicted molar refractivity (Wildman–Crippen MR) is 74.7 cm³/mol. The standard InChI is InChI=1S/C12H24N2OS.H2O/c1-11(2)12(15)13-7-5-8-14(3,4)9-6-10-16;/h1,5-10H2,2-4H3,(H-,13,15,16);1H2. The van der Waals surface area contributed by atoms with Crippen LogP contribution in [0.5, 0.6) is 0 Å². The Labute approximate surface area is 110 Å². The average Bonchev–Trinajstić information content (AvgIpc) is 2.21. The number of carbonyl (C=O) groups excluding carboxylic acids is 1. The molecule has 2 N–H and O–H groups in total. The van der Waals surface area contributed by atoms with Gasteiger partial charge in [0.2, 0.25) is 5.91 Å². The summed E-state index contributed by atoms with van der Waals surface area (Å²) < 4.78 is 0.990. The quantitative estimate of drug-likeness (QED) is 0.300. The van der Waals surface area contributed by atoms with E-state index in [4.69, 9.17) is 0 Å². The fourth-order valence-electron chi connectivity index (χ4n) is 1.47. The van der Waals surface area contributed by atoms with Crippen molar-refractivity contribution in [2.45, 2.75) is 19.8 Å². The van der Waals surface area contributed by atoms with Gasteiger partial charge in [0, 0.05) is 25.0 Å². The van der Waals surface area contributed by atoms with Gasteiger partial charge in [-0.05, 0) is 12.7 Å². The van der Waals surface area contributed by atoms with Crippen LogP contribution < -0.4 is 5.32 Å². The van der Waals surface area contributed by atoms with E-state index in [9.17, 15) is 4.79 Å². The third-order valence-electron chi connectivity index (χ3n) is 2.53. The van der Waals surface area contributed by atoms with Gasteiger partial charge in [-0.3, -0.25) is 4.79 Å². The average molecular weight is 262 g/mol. The Morgan fingerprint density at radius 2 is 1.82 bits per heavy atom. The van der Waals surface area contributed by atoms with Crippen molar-refractivity contribution in [2.24, 2.45) is 0 Å². The minimum absolute atomic E-state index is 0. The third kappa shape index (κ3) is 10.4. The Kier molecular flexibility index (Phi) is 10.5. The molecule has 0 aliphatic heterocycles. The largest absolute Gasteiger partial charge is 0.870 e. The Balaban J connectivity index is 0. The molecule has 0 unspecified atom stereocenters. The lowest BCUT2D eigenvalue weighted by atomic mass is 10.3. The maximum absolute atomic E-state index is 11.2. The summed E-state index contributed by atoms with van der Waals surface area (Å²) in [5, 5.41) is 2.85. The number of nitrogens with zero attached hydrogens (tertiary/aromatic N) is 1. The summed E-state index contributed by atoms with van der Waals surface area (Å²) in [6.45, 7) is 8.26. The van der Waals surface area contributed by atoms with E-state index in [1.54, 1.807) is 6.92 Å². The first-order chi connectivity index (χ1) is 7.39. The van der Waals surface area contributed by atoms with Crippen LogP contribution in [0.4, 0.5) is 0 Å². The van der Waals surface area contributed by atoms with Crippen LogP contribution in [0.3, 0.4) is 0 Å². The first-order valence-corrected chi connectivity index (χ1v) is 6.39. The highest BCUT2D eigenvalue weighted by Gasteiger charge is 2.13. The molecule has 102 valence electrons. The lowest BCUT2D eigenvalue weighted by Crippen LogP contribution is -2.42. The Hall–Kier alpha value is -0.520. The van der Waals surface area contributed by atoms with E-state index in [0.717, 1.165) is 42.7 Å². The van der Waals surface area contributed by atoms with E-state index in [1.165, 1.54) is 0 Å². The van der Waals surface area contributed by atoms with Crippen LogP contribution in [0, 0.1) is 0 Å². The van der Waals surface area contributed by atoms with Gasteiger partial charge >= 0.3 is 0 Å². The second kappa shape index (κ2) is 9.50. The van der Waals surface area contributed by atoms with Gasteiger partial charge < -0.3 is 15.3 Å². The summed E-state index contributed by atoms with van der Waals surface area (Å²) in [4.78, 5) is 11.2. The normalized spacial score (nSPS) is 10.6. The van der Waals surface area contributed by atoms with Crippen LogP contribution in [0.25, 0.3) is 0 Å². The van der Waals surface area contributed by atoms with Gasteiger partial charge in [-0.2, -0.15) is 12.6 Å². The van der Waals surface area contributed by atoms with Gasteiger partial charge in [0.25, 0.3) is 0 Å². The zero-order chi connectivity index (χ0) is 12.6. The number of rotatable bonds is 8. The molecule has 0 rings (SSSR count). The number of amides is 1. The number of hydrogen-bond donors (Lipinski definition) is 2. The molecule has 0 fully saturated rings. The van der Waals surface area contributed by atoms with Crippen molar-refractivity contribution in [1.82, 2.24) is 5.32 Å². The van der Waals surface area contributed by atoms with Gasteiger partial charge in [-0.1, -0.05) is 6.58 Å². The van der Waals surface area contributed by atoms with Crippen LogP contribution in [0.15, 0.2) is 12.2 Å². The van der Waals surface area contributed by atoms with Gasteiger partial charge in [-0.15, -0.1) is 0 Å². The van der Waals surface area contributed by atoms with Gasteiger partial charge in [-0.25, -0.2) is 0 Å². The summed E-state index contributed by atoms with van der Waals surface area (Å²) in [6, 6.07) is 0. The molecule has 17 heavy (non-hydrogen) atoms. The molecule has 0 saturated heterocycles. The van der Waals surface area contributed by atoms with Crippen molar-refractivity contribution in [3.63, 3.8) is 0 Å². The molecule has 0 aromatic heterocycles. The minimum Gasteiger partial charge on any atom is -0.870 e. The van der Waals surface area contributed by atoms with Crippen LogP contribution in [0.1, 0.15) is 19.8 Å². The topological polar surface area (TPSA) is 59.1 Å². The van der Waals surface area contributed by atoms with E-state index >= 15 is 0 Å². The molecule has 0 aromatic rings. The first kappa shape index (κ1) is 18.8. The van der Waals surface area contributed by atoms with Crippen molar-refractivity contribution < 1.29 is 14.8 Å². The van der Waals surface area contributed by atoms with Crippen LogP contribution in [0.2, 0.25) is 0 Å². The zero-order valence-electron chi connectivity index (χ0n) is 11.2. The summed E-state index contributed by atoms with van der Waals surface area (Å²) in [6.07, 6.45) is 2.13.